The molecule has 0 saturated carbocycles. The second-order valence-corrected chi connectivity index (χ2v) is 6.31. The maximum absolute atomic E-state index is 12.6. The number of para-hydroxylation sites is 1. The third-order valence-corrected chi connectivity index (χ3v) is 4.54. The number of ether oxygens (including phenoxy) is 1. The first-order chi connectivity index (χ1) is 10.6. The van der Waals surface area contributed by atoms with E-state index in [0.29, 0.717) is 13.0 Å². The monoisotopic (exact) mass is 359 g/mol. The van der Waals surface area contributed by atoms with E-state index in [0.717, 1.165) is 27.0 Å². The number of rotatable bonds is 4. The second-order valence-electron chi connectivity index (χ2n) is 5.40. The first-order valence-electron chi connectivity index (χ1n) is 7.39. The van der Waals surface area contributed by atoms with Crippen molar-refractivity contribution >= 4 is 27.5 Å². The van der Waals surface area contributed by atoms with E-state index in [2.05, 4.69) is 15.9 Å². The van der Waals surface area contributed by atoms with Crippen molar-refractivity contribution in [1.29, 1.82) is 0 Å². The van der Waals surface area contributed by atoms with Crippen LogP contribution in [0, 0.1) is 0 Å². The third-order valence-electron chi connectivity index (χ3n) is 4.05. The van der Waals surface area contributed by atoms with Crippen molar-refractivity contribution < 1.29 is 9.53 Å². The zero-order valence-electron chi connectivity index (χ0n) is 12.7. The average Bonchev–Trinajstić information content (AvgIpc) is 2.74. The van der Waals surface area contributed by atoms with Crippen molar-refractivity contribution in [1.82, 2.24) is 0 Å². The van der Waals surface area contributed by atoms with Crippen molar-refractivity contribution in [3.8, 4) is 5.75 Å². The summed E-state index contributed by atoms with van der Waals surface area (Å²) in [6.07, 6.45) is 0.656. The summed E-state index contributed by atoms with van der Waals surface area (Å²) in [4.78, 5) is 14.4. The highest BCUT2D eigenvalue weighted by Crippen LogP contribution is 2.40. The van der Waals surface area contributed by atoms with Gasteiger partial charge in [0, 0.05) is 17.2 Å². The van der Waals surface area contributed by atoms with Crippen LogP contribution in [0.25, 0.3) is 0 Å². The Balaban J connectivity index is 1.97. The summed E-state index contributed by atoms with van der Waals surface area (Å²) in [6.45, 7) is 2.59. The van der Waals surface area contributed by atoms with Gasteiger partial charge in [-0.3, -0.25) is 4.79 Å². The lowest BCUT2D eigenvalue weighted by Gasteiger charge is -2.14. The van der Waals surface area contributed by atoms with Crippen molar-refractivity contribution in [3.63, 3.8) is 0 Å². The SMILES string of the molecule is CCOc1ccccc1CC1C(=O)N(C)c2ccc(Br)cc21. The molecule has 1 heterocycles. The molecule has 1 aliphatic rings. The molecular weight excluding hydrogens is 342 g/mol. The lowest BCUT2D eigenvalue weighted by atomic mass is 9.93. The first kappa shape index (κ1) is 15.1. The van der Waals surface area contributed by atoms with Crippen LogP contribution in [0.15, 0.2) is 46.9 Å². The lowest BCUT2D eigenvalue weighted by Crippen LogP contribution is -2.25. The standard InChI is InChI=1S/C18H18BrNO2/c1-3-22-17-7-5-4-6-12(17)10-15-14-11-13(19)8-9-16(14)20(2)18(15)21/h4-9,11,15H,3,10H2,1-2H3. The van der Waals surface area contributed by atoms with E-state index in [1.165, 1.54) is 0 Å². The van der Waals surface area contributed by atoms with Gasteiger partial charge in [-0.25, -0.2) is 0 Å². The van der Waals surface area contributed by atoms with Gasteiger partial charge in [0.15, 0.2) is 0 Å². The Morgan fingerprint density at radius 1 is 1.23 bits per heavy atom. The summed E-state index contributed by atoms with van der Waals surface area (Å²) < 4.78 is 6.68. The quantitative estimate of drug-likeness (QED) is 0.820. The molecule has 4 heteroatoms. The van der Waals surface area contributed by atoms with Crippen LogP contribution in [0.1, 0.15) is 24.0 Å². The number of carbonyl (C=O) groups is 1. The summed E-state index contributed by atoms with van der Waals surface area (Å²) in [5, 5.41) is 0. The fourth-order valence-corrected chi connectivity index (χ4v) is 3.36. The molecular formula is C18H18BrNO2. The molecule has 114 valence electrons. The van der Waals surface area contributed by atoms with Crippen molar-refractivity contribution in [3.05, 3.63) is 58.1 Å². The van der Waals surface area contributed by atoms with Gasteiger partial charge in [-0.05, 0) is 48.7 Å². The van der Waals surface area contributed by atoms with Crippen LogP contribution < -0.4 is 9.64 Å². The van der Waals surface area contributed by atoms with E-state index in [-0.39, 0.29) is 11.8 Å². The number of carbonyl (C=O) groups excluding carboxylic acids is 1. The highest BCUT2D eigenvalue weighted by molar-refractivity contribution is 9.10. The van der Waals surface area contributed by atoms with Crippen molar-refractivity contribution in [2.75, 3.05) is 18.6 Å². The van der Waals surface area contributed by atoms with Crippen LogP contribution in [0.4, 0.5) is 5.69 Å². The smallest absolute Gasteiger partial charge is 0.234 e. The molecule has 2 aromatic carbocycles. The van der Waals surface area contributed by atoms with Crippen LogP contribution in [0.3, 0.4) is 0 Å². The van der Waals surface area contributed by atoms with Gasteiger partial charge >= 0.3 is 0 Å². The van der Waals surface area contributed by atoms with Gasteiger partial charge in [0.2, 0.25) is 5.91 Å². The number of fused-ring (bicyclic) bond motifs is 1. The molecule has 2 aromatic rings. The lowest BCUT2D eigenvalue weighted by molar-refractivity contribution is -0.119. The number of hydrogen-bond acceptors (Lipinski definition) is 2. The van der Waals surface area contributed by atoms with Gasteiger partial charge in [-0.15, -0.1) is 0 Å². The van der Waals surface area contributed by atoms with Crippen molar-refractivity contribution in [2.45, 2.75) is 19.3 Å². The van der Waals surface area contributed by atoms with Gasteiger partial charge in [0.05, 0.1) is 12.5 Å². The van der Waals surface area contributed by atoms with E-state index in [9.17, 15) is 4.79 Å². The zero-order chi connectivity index (χ0) is 15.7. The fourth-order valence-electron chi connectivity index (χ4n) is 2.98. The Hall–Kier alpha value is -1.81. The Labute approximate surface area is 139 Å². The maximum atomic E-state index is 12.6. The van der Waals surface area contributed by atoms with E-state index < -0.39 is 0 Å². The highest BCUT2D eigenvalue weighted by Gasteiger charge is 2.35. The molecule has 0 bridgehead atoms. The zero-order valence-corrected chi connectivity index (χ0v) is 14.3. The number of halogens is 1. The Kier molecular flexibility index (Phi) is 4.21. The Morgan fingerprint density at radius 2 is 2.00 bits per heavy atom. The molecule has 0 aliphatic carbocycles. The van der Waals surface area contributed by atoms with Gasteiger partial charge in [0.25, 0.3) is 0 Å². The molecule has 0 fully saturated rings. The number of benzene rings is 2. The molecule has 22 heavy (non-hydrogen) atoms. The number of likely N-dealkylation sites (N-methyl/N-ethyl adjacent to an activating group) is 1. The number of amides is 1. The van der Waals surface area contributed by atoms with Crippen LogP contribution >= 0.6 is 15.9 Å². The van der Waals surface area contributed by atoms with Gasteiger partial charge in [-0.1, -0.05) is 34.1 Å². The minimum atomic E-state index is -0.154. The number of nitrogens with zero attached hydrogens (tertiary/aromatic N) is 1. The highest BCUT2D eigenvalue weighted by atomic mass is 79.9. The van der Waals surface area contributed by atoms with Gasteiger partial charge in [0.1, 0.15) is 5.75 Å². The predicted molar refractivity (Wildman–Crippen MR) is 91.6 cm³/mol. The van der Waals surface area contributed by atoms with E-state index in [1.807, 2.05) is 56.4 Å². The molecule has 1 amide bonds. The molecule has 0 N–H and O–H groups in total. The molecule has 3 rings (SSSR count). The topological polar surface area (TPSA) is 29.5 Å². The molecule has 0 spiro atoms. The third kappa shape index (κ3) is 2.63. The maximum Gasteiger partial charge on any atom is 0.234 e. The molecule has 0 saturated heterocycles. The van der Waals surface area contributed by atoms with Crippen LogP contribution in [-0.2, 0) is 11.2 Å². The van der Waals surface area contributed by atoms with Crippen LogP contribution in [0.2, 0.25) is 0 Å². The van der Waals surface area contributed by atoms with E-state index >= 15 is 0 Å². The molecule has 0 radical (unpaired) electrons. The summed E-state index contributed by atoms with van der Waals surface area (Å²) in [5.74, 6) is 0.849. The minimum absolute atomic E-state index is 0.138. The number of hydrogen-bond donors (Lipinski definition) is 0. The molecule has 1 aliphatic heterocycles. The summed E-state index contributed by atoms with van der Waals surface area (Å²) in [7, 11) is 1.84. The minimum Gasteiger partial charge on any atom is -0.494 e. The largest absolute Gasteiger partial charge is 0.494 e. The van der Waals surface area contributed by atoms with Gasteiger partial charge in [-0.2, -0.15) is 0 Å². The molecule has 1 unspecified atom stereocenters. The number of anilines is 1. The van der Waals surface area contributed by atoms with Crippen molar-refractivity contribution in [2.24, 2.45) is 0 Å². The van der Waals surface area contributed by atoms with Gasteiger partial charge < -0.3 is 9.64 Å². The Morgan fingerprint density at radius 3 is 2.77 bits per heavy atom. The first-order valence-corrected chi connectivity index (χ1v) is 8.18. The van der Waals surface area contributed by atoms with E-state index in [1.54, 1.807) is 4.90 Å². The van der Waals surface area contributed by atoms with Crippen LogP contribution in [0.5, 0.6) is 5.75 Å². The predicted octanol–water partition coefficient (Wildman–Crippen LogP) is 4.15. The Bertz CT molecular complexity index is 714. The fraction of sp³-hybridized carbons (Fsp3) is 0.278. The average molecular weight is 360 g/mol. The normalized spacial score (nSPS) is 16.8. The summed E-state index contributed by atoms with van der Waals surface area (Å²) in [5.41, 5.74) is 3.14. The molecule has 1 atom stereocenters. The van der Waals surface area contributed by atoms with E-state index in [4.69, 9.17) is 4.74 Å². The van der Waals surface area contributed by atoms with Crippen LogP contribution in [-0.4, -0.2) is 19.6 Å². The molecule has 0 aromatic heterocycles. The molecule has 3 nitrogen and oxygen atoms in total. The second kappa shape index (κ2) is 6.13. The summed E-state index contributed by atoms with van der Waals surface area (Å²) in [6, 6.07) is 14.0. The summed E-state index contributed by atoms with van der Waals surface area (Å²) >= 11 is 3.50.